The van der Waals surface area contributed by atoms with Crippen molar-refractivity contribution in [2.75, 3.05) is 29.5 Å². The summed E-state index contributed by atoms with van der Waals surface area (Å²) in [5, 5.41) is 20.3. The van der Waals surface area contributed by atoms with Crippen molar-refractivity contribution >= 4 is 40.7 Å². The third kappa shape index (κ3) is 5.28. The van der Waals surface area contributed by atoms with E-state index >= 15 is 0 Å². The highest BCUT2D eigenvalue weighted by atomic mass is 35.5. The molecule has 0 amide bonds. The van der Waals surface area contributed by atoms with Crippen molar-refractivity contribution in [3.8, 4) is 23.3 Å². The minimum atomic E-state index is -0.0900. The van der Waals surface area contributed by atoms with Crippen LogP contribution in [0.15, 0.2) is 53.6 Å². The van der Waals surface area contributed by atoms with Gasteiger partial charge in [-0.2, -0.15) is 10.5 Å². The van der Waals surface area contributed by atoms with Crippen molar-refractivity contribution < 1.29 is 4.79 Å². The summed E-state index contributed by atoms with van der Waals surface area (Å²) in [5.41, 5.74) is 9.03. The average Bonchev–Trinajstić information content (AvgIpc) is 2.83. The molecule has 0 fully saturated rings. The largest absolute Gasteiger partial charge is 0.383 e. The number of benzene rings is 2. The number of rotatable bonds is 8. The molecule has 0 saturated carbocycles. The summed E-state index contributed by atoms with van der Waals surface area (Å²) in [7, 11) is 0. The lowest BCUT2D eigenvalue weighted by Gasteiger charge is -2.21. The minimum absolute atomic E-state index is 0.0139. The summed E-state index contributed by atoms with van der Waals surface area (Å²) in [5.74, 6) is 0.00488. The Morgan fingerprint density at radius 3 is 2.18 bits per heavy atom. The molecule has 0 unspecified atom stereocenters. The number of nitrogens with zero attached hydrogens (tertiary/aromatic N) is 4. The van der Waals surface area contributed by atoms with E-state index in [1.165, 1.54) is 0 Å². The van der Waals surface area contributed by atoms with Crippen LogP contribution in [-0.2, 0) is 0 Å². The molecule has 6 nitrogen and oxygen atoms in total. The monoisotopic (exact) mass is 475 g/mol. The fourth-order valence-electron chi connectivity index (χ4n) is 3.47. The maximum Gasteiger partial charge on any atom is 0.173 e. The molecule has 0 aliphatic rings. The van der Waals surface area contributed by atoms with Gasteiger partial charge in [-0.05, 0) is 55.8 Å². The second-order valence-corrected chi connectivity index (χ2v) is 8.49. The first-order chi connectivity index (χ1) is 15.9. The molecule has 8 heteroatoms. The molecule has 166 valence electrons. The van der Waals surface area contributed by atoms with Gasteiger partial charge in [-0.25, -0.2) is 4.98 Å². The highest BCUT2D eigenvalue weighted by Crippen LogP contribution is 2.36. The fourth-order valence-corrected chi connectivity index (χ4v) is 4.49. The number of nitrogen functional groups attached to an aromatic ring is 1. The van der Waals surface area contributed by atoms with Crippen LogP contribution >= 0.6 is 23.4 Å². The number of carbonyl (C=O) groups is 1. The van der Waals surface area contributed by atoms with Gasteiger partial charge >= 0.3 is 0 Å². The smallest absolute Gasteiger partial charge is 0.173 e. The average molecular weight is 476 g/mol. The van der Waals surface area contributed by atoms with Crippen molar-refractivity contribution in [3.63, 3.8) is 0 Å². The van der Waals surface area contributed by atoms with Gasteiger partial charge < -0.3 is 10.6 Å². The van der Waals surface area contributed by atoms with E-state index in [1.54, 1.807) is 24.3 Å². The van der Waals surface area contributed by atoms with E-state index in [4.69, 9.17) is 17.3 Å². The summed E-state index contributed by atoms with van der Waals surface area (Å²) in [6.07, 6.45) is 0. The number of pyridine rings is 1. The Labute approximate surface area is 202 Å². The maximum atomic E-state index is 12.8. The Balaban J connectivity index is 1.90. The number of nitriles is 2. The first-order valence-electron chi connectivity index (χ1n) is 10.3. The van der Waals surface area contributed by atoms with Crippen LogP contribution in [0.1, 0.15) is 35.3 Å². The number of aromatic nitrogens is 1. The number of thioether (sulfide) groups is 1. The third-order valence-corrected chi connectivity index (χ3v) is 6.43. The number of hydrogen-bond donors (Lipinski definition) is 1. The van der Waals surface area contributed by atoms with Crippen LogP contribution in [0.5, 0.6) is 0 Å². The van der Waals surface area contributed by atoms with Gasteiger partial charge in [0.25, 0.3) is 0 Å². The van der Waals surface area contributed by atoms with Gasteiger partial charge in [0.15, 0.2) is 5.78 Å². The summed E-state index contributed by atoms with van der Waals surface area (Å²) < 4.78 is 0. The molecular weight excluding hydrogens is 454 g/mol. The summed E-state index contributed by atoms with van der Waals surface area (Å²) in [4.78, 5) is 19.2. The van der Waals surface area contributed by atoms with E-state index in [1.807, 2.05) is 30.3 Å². The number of ketones is 1. The maximum absolute atomic E-state index is 12.8. The molecule has 0 atom stereocenters. The first-order valence-corrected chi connectivity index (χ1v) is 11.7. The fraction of sp³-hybridized carbons (Fsp3) is 0.200. The van der Waals surface area contributed by atoms with Crippen LogP contribution in [-0.4, -0.2) is 29.6 Å². The molecule has 0 saturated heterocycles. The van der Waals surface area contributed by atoms with E-state index in [-0.39, 0.29) is 28.5 Å². The zero-order valence-corrected chi connectivity index (χ0v) is 19.9. The molecule has 1 heterocycles. The first kappa shape index (κ1) is 24.1. The number of halogens is 1. The Bertz CT molecular complexity index is 1240. The molecule has 0 aliphatic carbocycles. The standard InChI is InChI=1S/C25H22ClN5OS/c1-3-31(4-2)19-11-7-16(8-12-19)22(32)15-33-25-21(14-28)23(20(13-27)24(29)30-25)17-5-9-18(26)10-6-17/h5-12H,3-4,15H2,1-2H3,(H2,29,30). The van der Waals surface area contributed by atoms with E-state index < -0.39 is 0 Å². The van der Waals surface area contributed by atoms with Crippen LogP contribution in [0.2, 0.25) is 5.02 Å². The van der Waals surface area contributed by atoms with Crippen LogP contribution in [0, 0.1) is 22.7 Å². The second kappa shape index (κ2) is 10.9. The summed E-state index contributed by atoms with van der Waals surface area (Å²) in [6.45, 7) is 5.94. The van der Waals surface area contributed by atoms with Gasteiger partial charge in [0.2, 0.25) is 0 Å². The molecule has 2 aromatic carbocycles. The minimum Gasteiger partial charge on any atom is -0.383 e. The van der Waals surface area contributed by atoms with Gasteiger partial charge in [0.05, 0.1) is 11.3 Å². The Morgan fingerprint density at radius 1 is 1.03 bits per heavy atom. The molecule has 0 radical (unpaired) electrons. The molecule has 0 spiro atoms. The SMILES string of the molecule is CCN(CC)c1ccc(C(=O)CSc2nc(N)c(C#N)c(-c3ccc(Cl)cc3)c2C#N)cc1. The topological polar surface area (TPSA) is 107 Å². The lowest BCUT2D eigenvalue weighted by molar-refractivity contribution is 0.102. The zero-order chi connectivity index (χ0) is 24.0. The number of Topliss-reactive ketones (excluding diaryl/α,β-unsaturated/α-hetero) is 1. The molecule has 3 aromatic rings. The van der Waals surface area contributed by atoms with Gasteiger partial charge in [-0.15, -0.1) is 0 Å². The van der Waals surface area contributed by atoms with Gasteiger partial charge in [0, 0.05) is 34.9 Å². The van der Waals surface area contributed by atoms with Crippen LogP contribution in [0.4, 0.5) is 11.5 Å². The van der Waals surface area contributed by atoms with Crippen LogP contribution in [0.25, 0.3) is 11.1 Å². The molecule has 3 rings (SSSR count). The number of carbonyl (C=O) groups excluding carboxylic acids is 1. The van der Waals surface area contributed by atoms with Crippen molar-refractivity contribution in [3.05, 3.63) is 70.2 Å². The van der Waals surface area contributed by atoms with Gasteiger partial charge in [-0.1, -0.05) is 35.5 Å². The molecule has 33 heavy (non-hydrogen) atoms. The van der Waals surface area contributed by atoms with Crippen molar-refractivity contribution in [1.29, 1.82) is 10.5 Å². The summed E-state index contributed by atoms with van der Waals surface area (Å²) >= 11 is 7.11. The molecule has 2 N–H and O–H groups in total. The number of anilines is 2. The van der Waals surface area contributed by atoms with E-state index in [2.05, 4.69) is 29.8 Å². The third-order valence-electron chi connectivity index (χ3n) is 5.21. The quantitative estimate of drug-likeness (QED) is 0.336. The Kier molecular flexibility index (Phi) is 7.95. The molecular formula is C25H22ClN5OS. The molecule has 0 aliphatic heterocycles. The summed E-state index contributed by atoms with van der Waals surface area (Å²) in [6, 6.07) is 18.4. The second-order valence-electron chi connectivity index (χ2n) is 7.09. The van der Waals surface area contributed by atoms with Crippen LogP contribution in [0.3, 0.4) is 0 Å². The number of nitrogens with two attached hydrogens (primary N) is 1. The molecule has 0 bridgehead atoms. The highest BCUT2D eigenvalue weighted by molar-refractivity contribution is 8.00. The van der Waals surface area contributed by atoms with E-state index in [0.29, 0.717) is 26.7 Å². The lowest BCUT2D eigenvalue weighted by atomic mass is 9.97. The highest BCUT2D eigenvalue weighted by Gasteiger charge is 2.21. The Morgan fingerprint density at radius 2 is 1.64 bits per heavy atom. The number of hydrogen-bond acceptors (Lipinski definition) is 7. The predicted molar refractivity (Wildman–Crippen MR) is 134 cm³/mol. The van der Waals surface area contributed by atoms with Gasteiger partial charge in [-0.3, -0.25) is 4.79 Å². The Hall–Kier alpha value is -3.52. The van der Waals surface area contributed by atoms with E-state index in [0.717, 1.165) is 30.5 Å². The van der Waals surface area contributed by atoms with Crippen molar-refractivity contribution in [1.82, 2.24) is 4.98 Å². The van der Waals surface area contributed by atoms with Crippen molar-refractivity contribution in [2.24, 2.45) is 0 Å². The molecule has 1 aromatic heterocycles. The normalized spacial score (nSPS) is 10.3. The predicted octanol–water partition coefficient (Wildman–Crippen LogP) is 5.55. The van der Waals surface area contributed by atoms with E-state index in [9.17, 15) is 15.3 Å². The van der Waals surface area contributed by atoms with Crippen molar-refractivity contribution in [2.45, 2.75) is 18.9 Å². The van der Waals surface area contributed by atoms with Crippen LogP contribution < -0.4 is 10.6 Å². The van der Waals surface area contributed by atoms with Gasteiger partial charge in [0.1, 0.15) is 28.5 Å². The zero-order valence-electron chi connectivity index (χ0n) is 18.3. The lowest BCUT2D eigenvalue weighted by Crippen LogP contribution is -2.21.